The lowest BCUT2D eigenvalue weighted by Gasteiger charge is -2.18. The van der Waals surface area contributed by atoms with Crippen LogP contribution in [0.5, 0.6) is 0 Å². The van der Waals surface area contributed by atoms with Crippen molar-refractivity contribution in [1.82, 2.24) is 9.88 Å². The number of halogens is 1. The summed E-state index contributed by atoms with van der Waals surface area (Å²) in [5.41, 5.74) is 6.16. The topological polar surface area (TPSA) is 109 Å². The molecule has 3 rings (SSSR count). The first kappa shape index (κ1) is 17.8. The maximum absolute atomic E-state index is 13.0. The predicted octanol–water partition coefficient (Wildman–Crippen LogP) is 1.19. The molecule has 26 heavy (non-hydrogen) atoms. The summed E-state index contributed by atoms with van der Waals surface area (Å²) < 4.78 is 13.0. The molecule has 1 fully saturated rings. The number of rotatable bonds is 6. The van der Waals surface area contributed by atoms with Gasteiger partial charge in [0.05, 0.1) is 12.1 Å². The van der Waals surface area contributed by atoms with E-state index in [1.54, 1.807) is 5.38 Å². The Labute approximate surface area is 152 Å². The van der Waals surface area contributed by atoms with Crippen molar-refractivity contribution in [2.24, 2.45) is 5.73 Å². The molecule has 2 heterocycles. The number of nitrogens with zero attached hydrogens (tertiary/aromatic N) is 3. The Bertz CT molecular complexity index is 839. The van der Waals surface area contributed by atoms with Crippen molar-refractivity contribution in [2.45, 2.75) is 6.42 Å². The van der Waals surface area contributed by atoms with E-state index in [1.165, 1.54) is 45.4 Å². The van der Waals surface area contributed by atoms with Gasteiger partial charge in [-0.25, -0.2) is 14.2 Å². The number of nitrogens with two attached hydrogens (primary N) is 1. The standard InChI is InChI=1S/C16H16FN5O3S/c17-10-1-3-12(4-2-10)22-6-5-21(16(22)25)8-14(24)20-15-19-11(9-26-15)7-13(18)23/h1-4,9H,5-8H2,(H2,18,23)(H,19,20,24). The van der Waals surface area contributed by atoms with Gasteiger partial charge in [0.1, 0.15) is 12.4 Å². The molecule has 0 aliphatic carbocycles. The van der Waals surface area contributed by atoms with Crippen LogP contribution in [0.3, 0.4) is 0 Å². The molecule has 136 valence electrons. The summed E-state index contributed by atoms with van der Waals surface area (Å²) in [7, 11) is 0. The van der Waals surface area contributed by atoms with Crippen molar-refractivity contribution in [1.29, 1.82) is 0 Å². The summed E-state index contributed by atoms with van der Waals surface area (Å²) >= 11 is 1.18. The van der Waals surface area contributed by atoms with Gasteiger partial charge in [0.2, 0.25) is 11.8 Å². The van der Waals surface area contributed by atoms with Crippen LogP contribution < -0.4 is 16.0 Å². The van der Waals surface area contributed by atoms with Gasteiger partial charge in [0.15, 0.2) is 5.13 Å². The normalized spacial score (nSPS) is 14.0. The average Bonchev–Trinajstić information content (AvgIpc) is 3.15. The zero-order valence-electron chi connectivity index (χ0n) is 13.6. The molecule has 10 heteroatoms. The lowest BCUT2D eigenvalue weighted by Crippen LogP contribution is -2.37. The van der Waals surface area contributed by atoms with Crippen LogP contribution in [-0.4, -0.2) is 47.4 Å². The van der Waals surface area contributed by atoms with Gasteiger partial charge in [0, 0.05) is 24.2 Å². The molecule has 0 bridgehead atoms. The lowest BCUT2D eigenvalue weighted by atomic mass is 10.3. The van der Waals surface area contributed by atoms with Crippen LogP contribution in [0.25, 0.3) is 0 Å². The van der Waals surface area contributed by atoms with E-state index in [0.29, 0.717) is 29.6 Å². The van der Waals surface area contributed by atoms with Crippen LogP contribution in [-0.2, 0) is 16.0 Å². The Morgan fingerprint density at radius 2 is 2.00 bits per heavy atom. The first-order valence-corrected chi connectivity index (χ1v) is 8.65. The van der Waals surface area contributed by atoms with E-state index in [4.69, 9.17) is 5.73 Å². The highest BCUT2D eigenvalue weighted by Crippen LogP contribution is 2.21. The van der Waals surface area contributed by atoms with Gasteiger partial charge in [-0.3, -0.25) is 14.5 Å². The fraction of sp³-hybridized carbons (Fsp3) is 0.250. The highest BCUT2D eigenvalue weighted by molar-refractivity contribution is 7.13. The lowest BCUT2D eigenvalue weighted by molar-refractivity contribution is -0.117. The largest absolute Gasteiger partial charge is 0.369 e. The summed E-state index contributed by atoms with van der Waals surface area (Å²) in [5, 5.41) is 4.58. The fourth-order valence-corrected chi connectivity index (χ4v) is 3.27. The van der Waals surface area contributed by atoms with E-state index in [0.717, 1.165) is 0 Å². The number of hydrogen-bond acceptors (Lipinski definition) is 5. The molecule has 1 aliphatic heterocycles. The van der Waals surface area contributed by atoms with E-state index < -0.39 is 5.91 Å². The number of aromatic nitrogens is 1. The fourth-order valence-electron chi connectivity index (χ4n) is 2.55. The van der Waals surface area contributed by atoms with Crippen LogP contribution >= 0.6 is 11.3 Å². The molecule has 4 amide bonds. The number of primary amides is 1. The monoisotopic (exact) mass is 377 g/mol. The Morgan fingerprint density at radius 1 is 1.27 bits per heavy atom. The number of hydrogen-bond donors (Lipinski definition) is 2. The van der Waals surface area contributed by atoms with Gasteiger partial charge in [-0.1, -0.05) is 0 Å². The van der Waals surface area contributed by atoms with Gasteiger partial charge in [0.25, 0.3) is 0 Å². The zero-order chi connectivity index (χ0) is 18.7. The van der Waals surface area contributed by atoms with Gasteiger partial charge in [-0.05, 0) is 24.3 Å². The minimum absolute atomic E-state index is 0.00358. The molecule has 1 aliphatic rings. The maximum atomic E-state index is 13.0. The quantitative estimate of drug-likeness (QED) is 0.788. The third kappa shape index (κ3) is 4.14. The number of nitrogens with one attached hydrogen (secondary N) is 1. The SMILES string of the molecule is NC(=O)Cc1csc(NC(=O)CN2CCN(c3ccc(F)cc3)C2=O)n1. The van der Waals surface area contributed by atoms with E-state index >= 15 is 0 Å². The zero-order valence-corrected chi connectivity index (χ0v) is 14.5. The molecule has 1 aromatic heterocycles. The van der Waals surface area contributed by atoms with Crippen LogP contribution in [0.1, 0.15) is 5.69 Å². The number of urea groups is 1. The molecule has 0 saturated carbocycles. The van der Waals surface area contributed by atoms with Crippen molar-refractivity contribution in [3.05, 3.63) is 41.2 Å². The Morgan fingerprint density at radius 3 is 2.69 bits per heavy atom. The maximum Gasteiger partial charge on any atom is 0.325 e. The van der Waals surface area contributed by atoms with Crippen molar-refractivity contribution in [3.63, 3.8) is 0 Å². The van der Waals surface area contributed by atoms with Crippen LogP contribution in [0.15, 0.2) is 29.6 Å². The first-order valence-electron chi connectivity index (χ1n) is 7.77. The molecular weight excluding hydrogens is 361 g/mol. The van der Waals surface area contributed by atoms with Crippen molar-refractivity contribution < 1.29 is 18.8 Å². The molecule has 1 saturated heterocycles. The Hall–Kier alpha value is -3.01. The third-order valence-corrected chi connectivity index (χ3v) is 4.53. The second kappa shape index (κ2) is 7.48. The highest BCUT2D eigenvalue weighted by atomic mass is 32.1. The number of carbonyl (C=O) groups excluding carboxylic acids is 3. The summed E-state index contributed by atoms with van der Waals surface area (Å²) in [6.45, 7) is 0.674. The molecular formula is C16H16FN5O3S. The average molecular weight is 377 g/mol. The minimum atomic E-state index is -0.503. The van der Waals surface area contributed by atoms with Crippen LogP contribution in [0.4, 0.5) is 20.0 Å². The third-order valence-electron chi connectivity index (χ3n) is 3.72. The molecule has 2 aromatic rings. The number of amides is 4. The van der Waals surface area contributed by atoms with Crippen LogP contribution in [0, 0.1) is 5.82 Å². The summed E-state index contributed by atoms with van der Waals surface area (Å²) in [4.78, 5) is 42.4. The predicted molar refractivity (Wildman–Crippen MR) is 94.4 cm³/mol. The van der Waals surface area contributed by atoms with Crippen molar-refractivity contribution in [2.75, 3.05) is 29.9 Å². The van der Waals surface area contributed by atoms with E-state index in [9.17, 15) is 18.8 Å². The van der Waals surface area contributed by atoms with Gasteiger partial charge >= 0.3 is 6.03 Å². The van der Waals surface area contributed by atoms with Gasteiger partial charge in [-0.2, -0.15) is 0 Å². The minimum Gasteiger partial charge on any atom is -0.369 e. The van der Waals surface area contributed by atoms with E-state index in [1.807, 2.05) is 0 Å². The van der Waals surface area contributed by atoms with E-state index in [-0.39, 0.29) is 30.7 Å². The molecule has 0 spiro atoms. The molecule has 0 unspecified atom stereocenters. The number of benzene rings is 1. The van der Waals surface area contributed by atoms with Crippen molar-refractivity contribution in [3.8, 4) is 0 Å². The second-order valence-electron chi connectivity index (χ2n) is 5.67. The Balaban J connectivity index is 1.56. The molecule has 3 N–H and O–H groups in total. The number of thiazole rings is 1. The van der Waals surface area contributed by atoms with E-state index in [2.05, 4.69) is 10.3 Å². The Kier molecular flexibility index (Phi) is 5.12. The molecule has 8 nitrogen and oxygen atoms in total. The molecule has 0 radical (unpaired) electrons. The summed E-state index contributed by atoms with van der Waals surface area (Å²) in [6, 6.07) is 5.29. The highest BCUT2D eigenvalue weighted by Gasteiger charge is 2.30. The summed E-state index contributed by atoms with van der Waals surface area (Å²) in [5.74, 6) is -1.27. The smallest absolute Gasteiger partial charge is 0.325 e. The number of carbonyl (C=O) groups is 3. The molecule has 0 atom stereocenters. The van der Waals surface area contributed by atoms with Gasteiger partial charge in [-0.15, -0.1) is 11.3 Å². The summed E-state index contributed by atoms with van der Waals surface area (Å²) in [6.07, 6.45) is 0.00358. The number of anilines is 2. The van der Waals surface area contributed by atoms with Gasteiger partial charge < -0.3 is 16.0 Å². The van der Waals surface area contributed by atoms with Crippen molar-refractivity contribution >= 4 is 40.0 Å². The molecule has 1 aromatic carbocycles. The first-order chi connectivity index (χ1) is 12.4. The second-order valence-corrected chi connectivity index (χ2v) is 6.53. The van der Waals surface area contributed by atoms with Crippen LogP contribution in [0.2, 0.25) is 0 Å².